The molecule has 0 fully saturated rings. The van der Waals surface area contributed by atoms with Gasteiger partial charge in [0.1, 0.15) is 5.75 Å². The Morgan fingerprint density at radius 2 is 2.08 bits per heavy atom. The fourth-order valence-corrected chi connectivity index (χ4v) is 1.72. The zero-order chi connectivity index (χ0) is 9.68. The minimum absolute atomic E-state index is 0.431. The lowest BCUT2D eigenvalue weighted by molar-refractivity contribution is 0.467. The average Bonchev–Trinajstić information content (AvgIpc) is 2.11. The molecular weight excluding hydrogens is 228 g/mol. The van der Waals surface area contributed by atoms with E-state index in [-0.39, 0.29) is 0 Å². The third-order valence-electron chi connectivity index (χ3n) is 2.06. The molecule has 1 N–H and O–H groups in total. The van der Waals surface area contributed by atoms with Crippen LogP contribution in [0.2, 0.25) is 0 Å². The Labute approximate surface area is 87.9 Å². The van der Waals surface area contributed by atoms with E-state index in [1.54, 1.807) is 6.07 Å². The number of unbranched alkanes of at least 4 members (excludes halogenated alkanes) is 1. The van der Waals surface area contributed by atoms with Crippen molar-refractivity contribution >= 4 is 15.9 Å². The Morgan fingerprint density at radius 3 is 2.77 bits per heavy atom. The van der Waals surface area contributed by atoms with E-state index in [4.69, 9.17) is 0 Å². The van der Waals surface area contributed by atoms with Gasteiger partial charge in [0, 0.05) is 5.33 Å². The van der Waals surface area contributed by atoms with Gasteiger partial charge in [-0.2, -0.15) is 0 Å². The summed E-state index contributed by atoms with van der Waals surface area (Å²) in [6.07, 6.45) is 3.26. The molecule has 0 saturated heterocycles. The van der Waals surface area contributed by atoms with E-state index in [1.165, 1.54) is 5.56 Å². The summed E-state index contributed by atoms with van der Waals surface area (Å²) in [5, 5.41) is 10.6. The van der Waals surface area contributed by atoms with Gasteiger partial charge in [0.2, 0.25) is 0 Å². The van der Waals surface area contributed by atoms with E-state index in [9.17, 15) is 5.11 Å². The van der Waals surface area contributed by atoms with E-state index in [1.807, 2.05) is 13.0 Å². The molecule has 0 heterocycles. The minimum atomic E-state index is 0.431. The van der Waals surface area contributed by atoms with Crippen LogP contribution in [0.25, 0.3) is 0 Å². The second kappa shape index (κ2) is 5.28. The highest BCUT2D eigenvalue weighted by molar-refractivity contribution is 9.09. The average molecular weight is 243 g/mol. The summed E-state index contributed by atoms with van der Waals surface area (Å²) in [6, 6.07) is 5.77. The molecule has 0 amide bonds. The van der Waals surface area contributed by atoms with Crippen molar-refractivity contribution in [2.75, 3.05) is 5.33 Å². The largest absolute Gasteiger partial charge is 0.508 e. The Balaban J connectivity index is 2.59. The van der Waals surface area contributed by atoms with Gasteiger partial charge in [-0.3, -0.25) is 0 Å². The summed E-state index contributed by atoms with van der Waals surface area (Å²) in [7, 11) is 0. The molecule has 13 heavy (non-hydrogen) atoms. The van der Waals surface area contributed by atoms with Crippen molar-refractivity contribution in [2.24, 2.45) is 0 Å². The Hall–Kier alpha value is -0.500. The second-order valence-electron chi connectivity index (χ2n) is 3.28. The van der Waals surface area contributed by atoms with Crippen LogP contribution in [0.3, 0.4) is 0 Å². The highest BCUT2D eigenvalue weighted by atomic mass is 79.9. The van der Waals surface area contributed by atoms with Crippen LogP contribution >= 0.6 is 15.9 Å². The van der Waals surface area contributed by atoms with Crippen LogP contribution < -0.4 is 0 Å². The first kappa shape index (κ1) is 10.6. The van der Waals surface area contributed by atoms with Gasteiger partial charge in [0.05, 0.1) is 0 Å². The number of aryl methyl sites for hydroxylation is 2. The first-order valence-corrected chi connectivity index (χ1v) is 5.70. The standard InChI is InChI=1S/C11H15BrO/c1-9-5-6-11(13)10(8-9)4-2-3-7-12/h5-6,8,13H,2-4,7H2,1H3. The number of hydrogen-bond acceptors (Lipinski definition) is 1. The molecule has 1 aromatic carbocycles. The fourth-order valence-electron chi connectivity index (χ4n) is 1.32. The third-order valence-corrected chi connectivity index (χ3v) is 2.63. The Bertz CT molecular complexity index is 271. The van der Waals surface area contributed by atoms with Crippen molar-refractivity contribution < 1.29 is 5.11 Å². The van der Waals surface area contributed by atoms with Crippen molar-refractivity contribution in [1.29, 1.82) is 0 Å². The van der Waals surface area contributed by atoms with Gasteiger partial charge in [-0.1, -0.05) is 33.6 Å². The molecule has 1 nitrogen and oxygen atoms in total. The predicted octanol–water partition coefficient (Wildman–Crippen LogP) is 3.42. The fraction of sp³-hybridized carbons (Fsp3) is 0.455. The number of phenolic OH excluding ortho intramolecular Hbond substituents is 1. The number of hydrogen-bond donors (Lipinski definition) is 1. The quantitative estimate of drug-likeness (QED) is 0.634. The Morgan fingerprint density at radius 1 is 1.31 bits per heavy atom. The van der Waals surface area contributed by atoms with E-state index in [0.29, 0.717) is 5.75 Å². The van der Waals surface area contributed by atoms with Crippen LogP contribution in [0.4, 0.5) is 0 Å². The molecule has 0 bridgehead atoms. The summed E-state index contributed by atoms with van der Waals surface area (Å²) >= 11 is 3.39. The van der Waals surface area contributed by atoms with Crippen molar-refractivity contribution in [1.82, 2.24) is 0 Å². The molecule has 2 heteroatoms. The van der Waals surface area contributed by atoms with E-state index >= 15 is 0 Å². The van der Waals surface area contributed by atoms with Crippen LogP contribution in [0.15, 0.2) is 18.2 Å². The maximum Gasteiger partial charge on any atom is 0.118 e. The third kappa shape index (κ3) is 3.39. The Kier molecular flexibility index (Phi) is 4.29. The van der Waals surface area contributed by atoms with Gasteiger partial charge < -0.3 is 5.11 Å². The summed E-state index contributed by atoms with van der Waals surface area (Å²) in [4.78, 5) is 0. The SMILES string of the molecule is Cc1ccc(O)c(CCCCBr)c1. The molecule has 1 aromatic rings. The lowest BCUT2D eigenvalue weighted by atomic mass is 10.1. The number of aromatic hydroxyl groups is 1. The van der Waals surface area contributed by atoms with Crippen molar-refractivity contribution in [3.05, 3.63) is 29.3 Å². The molecule has 0 aromatic heterocycles. The number of phenols is 1. The van der Waals surface area contributed by atoms with Crippen molar-refractivity contribution in [2.45, 2.75) is 26.2 Å². The summed E-state index contributed by atoms with van der Waals surface area (Å²) in [5.41, 5.74) is 2.28. The maximum absolute atomic E-state index is 9.52. The number of alkyl halides is 1. The topological polar surface area (TPSA) is 20.2 Å². The van der Waals surface area contributed by atoms with Crippen LogP contribution in [0.5, 0.6) is 5.75 Å². The first-order valence-electron chi connectivity index (χ1n) is 4.58. The van der Waals surface area contributed by atoms with Crippen LogP contribution in [0, 0.1) is 6.92 Å². The van der Waals surface area contributed by atoms with E-state index < -0.39 is 0 Å². The number of halogens is 1. The van der Waals surface area contributed by atoms with E-state index in [0.717, 1.165) is 30.2 Å². The molecule has 0 aliphatic carbocycles. The molecule has 0 spiro atoms. The van der Waals surface area contributed by atoms with Crippen LogP contribution in [0.1, 0.15) is 24.0 Å². The molecule has 0 saturated carbocycles. The molecule has 1 rings (SSSR count). The minimum Gasteiger partial charge on any atom is -0.508 e. The van der Waals surface area contributed by atoms with Gasteiger partial charge >= 0.3 is 0 Å². The molecule has 0 radical (unpaired) electrons. The van der Waals surface area contributed by atoms with Crippen LogP contribution in [-0.2, 0) is 6.42 Å². The number of benzene rings is 1. The van der Waals surface area contributed by atoms with Crippen molar-refractivity contribution in [3.63, 3.8) is 0 Å². The molecular formula is C11H15BrO. The normalized spacial score (nSPS) is 10.3. The zero-order valence-corrected chi connectivity index (χ0v) is 9.47. The summed E-state index contributed by atoms with van der Waals surface area (Å²) < 4.78 is 0. The summed E-state index contributed by atoms with van der Waals surface area (Å²) in [5.74, 6) is 0.431. The predicted molar refractivity (Wildman–Crippen MR) is 59.6 cm³/mol. The highest BCUT2D eigenvalue weighted by Gasteiger charge is 2.00. The first-order chi connectivity index (χ1) is 6.24. The molecule has 72 valence electrons. The molecule has 0 unspecified atom stereocenters. The lowest BCUT2D eigenvalue weighted by Crippen LogP contribution is -1.88. The zero-order valence-electron chi connectivity index (χ0n) is 7.89. The lowest BCUT2D eigenvalue weighted by Gasteiger charge is -2.04. The van der Waals surface area contributed by atoms with Gasteiger partial charge in [0.25, 0.3) is 0 Å². The van der Waals surface area contributed by atoms with Crippen LogP contribution in [-0.4, -0.2) is 10.4 Å². The molecule has 0 aliphatic rings. The van der Waals surface area contributed by atoms with Gasteiger partial charge in [-0.25, -0.2) is 0 Å². The van der Waals surface area contributed by atoms with Gasteiger partial charge in [-0.05, 0) is 37.8 Å². The van der Waals surface area contributed by atoms with Gasteiger partial charge in [-0.15, -0.1) is 0 Å². The van der Waals surface area contributed by atoms with Gasteiger partial charge in [0.15, 0.2) is 0 Å². The molecule has 0 atom stereocenters. The summed E-state index contributed by atoms with van der Waals surface area (Å²) in [6.45, 7) is 2.05. The smallest absolute Gasteiger partial charge is 0.118 e. The number of rotatable bonds is 4. The highest BCUT2D eigenvalue weighted by Crippen LogP contribution is 2.20. The van der Waals surface area contributed by atoms with E-state index in [2.05, 4.69) is 22.0 Å². The second-order valence-corrected chi connectivity index (χ2v) is 4.07. The monoisotopic (exact) mass is 242 g/mol. The maximum atomic E-state index is 9.52. The van der Waals surface area contributed by atoms with Crippen molar-refractivity contribution in [3.8, 4) is 5.75 Å². The molecule has 0 aliphatic heterocycles.